The van der Waals surface area contributed by atoms with Gasteiger partial charge in [0.25, 0.3) is 0 Å². The topological polar surface area (TPSA) is 324 Å². The van der Waals surface area contributed by atoms with E-state index in [0.717, 1.165) is 51.7 Å². The number of carbonyl (C=O) groups is 15. The standard InChI is InChI=1S/C24H30N2O4.C21H25NO4.C20H22O4.C19H20O5.C17H17NO4/c1-4-6-9-17(24(29)26-14-12-25(5-2)13-15-26)16-20-21(27)18-10-7-8-11-19(18)22(28)23(20)30-3;1-5-10-14(21(25)22(6-2)7-3)13-17-18(23)15-11-8-9-12-16(15)19(24)20(17)26-4;1-5-8-13(17(21)12(2)3)11-16-18(22)14-9-6-7-10-15(14)19(23)20(16)24-4;1-4-7-12(16(20)11-23-2)10-15-17(21)13-8-5-6-9-14(13)18(22)19(15)24-3;1-10(17(21)18(2)3)9-13-14(19)11-7-5-6-8-12(11)15(20)16(13)22-4/h7-8,10-11,16H,4-6,9,12-15H2,1-3H3;8-9,11-13H,5-7,10H2,1-4H3;6-7,9-12H,5,8H2,1-4H3;5-6,8-10H,4,7,11H2,1-3H3;5-9H,1-4H3. The number of carbonyl (C=O) groups excluding carboxylic acids is 15. The summed E-state index contributed by atoms with van der Waals surface area (Å²) in [5, 5.41) is 0. The van der Waals surface area contributed by atoms with Crippen molar-refractivity contribution in [1.29, 1.82) is 0 Å². The van der Waals surface area contributed by atoms with E-state index in [1.165, 1.54) is 59.7 Å². The van der Waals surface area contributed by atoms with Gasteiger partial charge in [0.15, 0.2) is 69.3 Å². The summed E-state index contributed by atoms with van der Waals surface area (Å²) in [7, 11) is 11.5. The number of benzene rings is 5. The summed E-state index contributed by atoms with van der Waals surface area (Å²) < 4.78 is 31.0. The Morgan fingerprint density at radius 1 is 0.365 bits per heavy atom. The van der Waals surface area contributed by atoms with E-state index in [4.69, 9.17) is 28.4 Å². The number of ketones is 12. The molecule has 1 fully saturated rings. The number of unbranched alkanes of at least 4 members (excludes halogenated alkanes) is 1. The largest absolute Gasteiger partial charge is 0.492 e. The molecule has 0 unspecified atom stereocenters. The molecule has 1 saturated heterocycles. The summed E-state index contributed by atoms with van der Waals surface area (Å²) in [6.45, 7) is 24.2. The fraction of sp³-hybridized carbons (Fsp3) is 0.356. The average Bonchev–Trinajstić information content (AvgIpc) is 0.792. The zero-order chi connectivity index (χ0) is 92.9. The molecule has 126 heavy (non-hydrogen) atoms. The smallest absolute Gasteiger partial charge is 0.249 e. The van der Waals surface area contributed by atoms with Crippen molar-refractivity contribution in [2.24, 2.45) is 5.92 Å². The van der Waals surface area contributed by atoms with Crippen LogP contribution < -0.4 is 0 Å². The monoisotopic (exact) mass is 1720 g/mol. The second-order valence-electron chi connectivity index (χ2n) is 30.4. The van der Waals surface area contributed by atoms with Crippen LogP contribution in [-0.2, 0) is 52.4 Å². The zero-order valence-corrected chi connectivity index (χ0v) is 75.4. The van der Waals surface area contributed by atoms with Crippen molar-refractivity contribution in [3.63, 3.8) is 0 Å². The maximum Gasteiger partial charge on any atom is 0.249 e. The highest BCUT2D eigenvalue weighted by Gasteiger charge is 2.39. The molecule has 25 heteroatoms. The summed E-state index contributed by atoms with van der Waals surface area (Å²) in [5.41, 5.74) is 6.50. The molecule has 25 nitrogen and oxygen atoms in total. The van der Waals surface area contributed by atoms with Gasteiger partial charge in [0, 0.05) is 139 Å². The lowest BCUT2D eigenvalue weighted by Gasteiger charge is -2.34. The van der Waals surface area contributed by atoms with Crippen molar-refractivity contribution in [1.82, 2.24) is 19.6 Å². The third-order valence-corrected chi connectivity index (χ3v) is 21.5. The van der Waals surface area contributed by atoms with E-state index < -0.39 is 0 Å². The molecule has 0 bridgehead atoms. The summed E-state index contributed by atoms with van der Waals surface area (Å²) in [6.07, 6.45) is 13.7. The minimum Gasteiger partial charge on any atom is -0.492 e. The van der Waals surface area contributed by atoms with E-state index in [9.17, 15) is 71.9 Å². The Balaban J connectivity index is 0.000000217. The van der Waals surface area contributed by atoms with Gasteiger partial charge in [-0.1, -0.05) is 195 Å². The Morgan fingerprint density at radius 3 is 0.929 bits per heavy atom. The van der Waals surface area contributed by atoms with E-state index in [-0.39, 0.29) is 156 Å². The van der Waals surface area contributed by atoms with Crippen LogP contribution in [0.5, 0.6) is 0 Å². The van der Waals surface area contributed by atoms with E-state index in [0.29, 0.717) is 135 Å². The molecule has 0 aromatic heterocycles. The molecule has 664 valence electrons. The first kappa shape index (κ1) is 100.0. The van der Waals surface area contributed by atoms with Crippen LogP contribution in [0.15, 0.2) is 236 Å². The Kier molecular flexibility index (Phi) is 37.8. The number of rotatable bonds is 30. The van der Waals surface area contributed by atoms with Crippen molar-refractivity contribution >= 4 is 87.1 Å². The van der Waals surface area contributed by atoms with Crippen LogP contribution in [0, 0.1) is 5.92 Å². The number of hydrogen-bond donors (Lipinski definition) is 0. The average molecular weight is 1720 g/mol. The number of ether oxygens (including phenoxy) is 6. The number of allylic oxidation sites excluding steroid dienone is 16. The van der Waals surface area contributed by atoms with E-state index in [2.05, 4.69) is 18.7 Å². The molecular weight excluding hydrogens is 1610 g/mol. The quantitative estimate of drug-likeness (QED) is 0.0385. The summed E-state index contributed by atoms with van der Waals surface area (Å²) in [6, 6.07) is 33.2. The van der Waals surface area contributed by atoms with Gasteiger partial charge in [-0.05, 0) is 101 Å². The van der Waals surface area contributed by atoms with Gasteiger partial charge in [0.1, 0.15) is 6.61 Å². The van der Waals surface area contributed by atoms with Gasteiger partial charge in [0.2, 0.25) is 46.6 Å². The molecule has 1 heterocycles. The number of hydrogen-bond acceptors (Lipinski definition) is 22. The van der Waals surface area contributed by atoms with Gasteiger partial charge in [-0.2, -0.15) is 0 Å². The first-order valence-corrected chi connectivity index (χ1v) is 42.3. The Hall–Kier alpha value is -13.1. The van der Waals surface area contributed by atoms with Crippen LogP contribution in [0.2, 0.25) is 0 Å². The SMILES string of the molecule is CCCC(=CC1=C(OC)C(=O)c2ccccc2C1=O)C(=O)C(C)C.CCCC(=CC1=C(OC)C(=O)c2ccccc2C1=O)C(=O)COC.CCCC(=CC1=C(OC)C(=O)c2ccccc2C1=O)C(=O)N(CC)CC.CCCCC(=CC1=C(OC)C(=O)c2ccccc2C1=O)C(=O)N1CCN(CC)CC1.COC1=C(C=C(C)C(=O)N(C)C)C(=O)c2ccccc2C1=O. The lowest BCUT2D eigenvalue weighted by Crippen LogP contribution is -2.48. The number of Topliss-reactive ketones (excluding diaryl/α,β-unsaturated/α-hetero) is 12. The van der Waals surface area contributed by atoms with Gasteiger partial charge in [-0.3, -0.25) is 71.9 Å². The predicted molar refractivity (Wildman–Crippen MR) is 478 cm³/mol. The van der Waals surface area contributed by atoms with Crippen molar-refractivity contribution < 1.29 is 100 Å². The van der Waals surface area contributed by atoms with E-state index in [1.54, 1.807) is 165 Å². The van der Waals surface area contributed by atoms with Crippen molar-refractivity contribution in [3.8, 4) is 0 Å². The van der Waals surface area contributed by atoms with Crippen LogP contribution in [0.4, 0.5) is 0 Å². The van der Waals surface area contributed by atoms with E-state index in [1.807, 2.05) is 53.4 Å². The van der Waals surface area contributed by atoms with Crippen molar-refractivity contribution in [2.75, 3.05) is 109 Å². The predicted octanol–water partition coefficient (Wildman–Crippen LogP) is 15.6. The molecule has 0 atom stereocenters. The van der Waals surface area contributed by atoms with Crippen molar-refractivity contribution in [2.45, 2.75) is 127 Å². The molecule has 0 N–H and O–H groups in total. The third kappa shape index (κ3) is 23.3. The molecule has 5 aromatic rings. The van der Waals surface area contributed by atoms with Crippen LogP contribution in [-0.4, -0.2) is 216 Å². The summed E-state index contributed by atoms with van der Waals surface area (Å²) in [5.74, 6) is -4.03. The van der Waals surface area contributed by atoms with Gasteiger partial charge in [-0.25, -0.2) is 0 Å². The molecule has 1 aliphatic heterocycles. The molecule has 0 radical (unpaired) electrons. The molecule has 6 aliphatic rings. The fourth-order valence-corrected chi connectivity index (χ4v) is 14.9. The second-order valence-corrected chi connectivity index (χ2v) is 30.4. The Bertz CT molecular complexity index is 5440. The first-order valence-electron chi connectivity index (χ1n) is 42.3. The van der Waals surface area contributed by atoms with Gasteiger partial charge in [0.05, 0.1) is 63.4 Å². The van der Waals surface area contributed by atoms with Gasteiger partial charge < -0.3 is 48.0 Å². The normalized spacial score (nSPS) is 15.5. The molecule has 5 aliphatic carbocycles. The summed E-state index contributed by atoms with van der Waals surface area (Å²) in [4.78, 5) is 197. The Labute approximate surface area is 737 Å². The lowest BCUT2D eigenvalue weighted by atomic mass is 9.85. The highest BCUT2D eigenvalue weighted by molar-refractivity contribution is 6.31. The molecule has 5 aromatic carbocycles. The first-order chi connectivity index (χ1) is 60.3. The number of fused-ring (bicyclic) bond motifs is 5. The zero-order valence-electron chi connectivity index (χ0n) is 75.4. The van der Waals surface area contributed by atoms with Gasteiger partial charge >= 0.3 is 0 Å². The summed E-state index contributed by atoms with van der Waals surface area (Å²) >= 11 is 0. The van der Waals surface area contributed by atoms with Crippen LogP contribution >= 0.6 is 0 Å². The lowest BCUT2D eigenvalue weighted by molar-refractivity contribution is -0.129. The second kappa shape index (κ2) is 47.7. The molecular formula is C101H114N4O21. The number of nitrogens with zero attached hydrogens (tertiary/aromatic N) is 4. The number of piperazine rings is 1. The van der Waals surface area contributed by atoms with Crippen LogP contribution in [0.3, 0.4) is 0 Å². The molecule has 11 rings (SSSR count). The van der Waals surface area contributed by atoms with Gasteiger partial charge in [-0.15, -0.1) is 0 Å². The Morgan fingerprint density at radius 2 is 0.651 bits per heavy atom. The minimum absolute atomic E-state index is 0.00357. The van der Waals surface area contributed by atoms with Crippen molar-refractivity contribution in [3.05, 3.63) is 292 Å². The molecule has 0 saturated carbocycles. The molecule has 3 amide bonds. The highest BCUT2D eigenvalue weighted by Crippen LogP contribution is 2.36. The number of methoxy groups -OCH3 is 6. The third-order valence-electron chi connectivity index (χ3n) is 21.5. The van der Waals surface area contributed by atoms with E-state index >= 15 is 0 Å². The minimum atomic E-state index is -0.353. The maximum absolute atomic E-state index is 13.3. The fourth-order valence-electron chi connectivity index (χ4n) is 14.9. The maximum atomic E-state index is 13.3. The molecule has 0 spiro atoms. The number of amides is 3. The van der Waals surface area contributed by atoms with Crippen LogP contribution in [0.1, 0.15) is 231 Å². The number of likely N-dealkylation sites (N-methyl/N-ethyl adjacent to an activating group) is 3. The van der Waals surface area contributed by atoms with Crippen LogP contribution in [0.25, 0.3) is 0 Å². The highest BCUT2D eigenvalue weighted by atomic mass is 16.5.